The molecule has 0 aromatic carbocycles. The number of nitrogens with one attached hydrogen (secondary N) is 1. The van der Waals surface area contributed by atoms with Gasteiger partial charge in [-0.3, -0.25) is 9.59 Å². The number of hydrogen-bond donors (Lipinski definition) is 2. The van der Waals surface area contributed by atoms with E-state index in [0.29, 0.717) is 23.1 Å². The summed E-state index contributed by atoms with van der Waals surface area (Å²) in [4.78, 5) is 27.8. The van der Waals surface area contributed by atoms with Crippen LogP contribution in [0.5, 0.6) is 0 Å². The van der Waals surface area contributed by atoms with Gasteiger partial charge in [0, 0.05) is 6.54 Å². The Balaban J connectivity index is 2.04. The van der Waals surface area contributed by atoms with Crippen molar-refractivity contribution in [2.45, 2.75) is 38.5 Å². The fourth-order valence-electron chi connectivity index (χ4n) is 2.75. The van der Waals surface area contributed by atoms with Gasteiger partial charge in [0.25, 0.3) is 5.91 Å². The quantitative estimate of drug-likeness (QED) is 0.643. The molecule has 21 heavy (non-hydrogen) atoms. The van der Waals surface area contributed by atoms with Gasteiger partial charge in [-0.1, -0.05) is 31.7 Å². The zero-order valence-electron chi connectivity index (χ0n) is 11.8. The first-order valence-corrected chi connectivity index (χ1v) is 7.97. The van der Waals surface area contributed by atoms with Crippen molar-refractivity contribution >= 4 is 27.8 Å². The second-order valence-electron chi connectivity index (χ2n) is 5.53. The van der Waals surface area contributed by atoms with Gasteiger partial charge < -0.3 is 10.4 Å². The van der Waals surface area contributed by atoms with E-state index in [9.17, 15) is 14.7 Å². The molecule has 114 valence electrons. The number of carbonyl (C=O) groups is 2. The molecule has 1 saturated carbocycles. The largest absolute Gasteiger partial charge is 0.481 e. The minimum Gasteiger partial charge on any atom is -0.481 e. The number of aliphatic carboxylic acids is 1. The van der Waals surface area contributed by atoms with Crippen molar-refractivity contribution in [3.05, 3.63) is 28.5 Å². The van der Waals surface area contributed by atoms with Crippen LogP contribution < -0.4 is 5.32 Å². The number of hydrogen-bond acceptors (Lipinski definition) is 3. The molecule has 1 fully saturated rings. The summed E-state index contributed by atoms with van der Waals surface area (Å²) in [7, 11) is 0. The fraction of sp³-hybridized carbons (Fsp3) is 0.533. The predicted molar refractivity (Wildman–Crippen MR) is 82.0 cm³/mol. The van der Waals surface area contributed by atoms with E-state index in [4.69, 9.17) is 0 Å². The zero-order valence-corrected chi connectivity index (χ0v) is 13.4. The summed E-state index contributed by atoms with van der Waals surface area (Å²) in [5.41, 5.74) is -0.545. The summed E-state index contributed by atoms with van der Waals surface area (Å²) in [6, 6.07) is 5.08. The maximum absolute atomic E-state index is 12.1. The van der Waals surface area contributed by atoms with Crippen molar-refractivity contribution in [3.8, 4) is 0 Å². The van der Waals surface area contributed by atoms with Crippen LogP contribution in [0.2, 0.25) is 0 Å². The third kappa shape index (κ3) is 4.03. The molecule has 0 aliphatic heterocycles. The topological polar surface area (TPSA) is 79.3 Å². The Bertz CT molecular complexity index is 525. The van der Waals surface area contributed by atoms with E-state index >= 15 is 0 Å². The van der Waals surface area contributed by atoms with Crippen LogP contribution in [0.4, 0.5) is 0 Å². The molecule has 6 heteroatoms. The normalized spacial score (nSPS) is 17.8. The molecule has 2 rings (SSSR count). The van der Waals surface area contributed by atoms with Crippen molar-refractivity contribution in [2.24, 2.45) is 5.41 Å². The zero-order chi connectivity index (χ0) is 15.3. The van der Waals surface area contributed by atoms with Crippen LogP contribution in [0.25, 0.3) is 0 Å². The van der Waals surface area contributed by atoms with E-state index in [0.717, 1.165) is 25.7 Å². The molecule has 0 spiro atoms. The standard InChI is InChI=1S/C15H19BrN2O3/c16-12-7-5-6-11(18-12)13(19)17-10-15(14(20)21)8-3-1-2-4-9-15/h5-7H,1-4,8-10H2,(H,17,19)(H,20,21). The van der Waals surface area contributed by atoms with Crippen molar-refractivity contribution < 1.29 is 14.7 Å². The Labute approximate surface area is 132 Å². The van der Waals surface area contributed by atoms with Crippen LogP contribution in [-0.4, -0.2) is 28.5 Å². The van der Waals surface area contributed by atoms with Gasteiger partial charge in [-0.25, -0.2) is 4.98 Å². The van der Waals surface area contributed by atoms with Gasteiger partial charge in [0.15, 0.2) is 0 Å². The molecule has 1 heterocycles. The molecule has 1 aliphatic rings. The Morgan fingerprint density at radius 2 is 1.90 bits per heavy atom. The number of nitrogens with zero attached hydrogens (tertiary/aromatic N) is 1. The Morgan fingerprint density at radius 3 is 2.48 bits per heavy atom. The lowest BCUT2D eigenvalue weighted by atomic mass is 9.80. The lowest BCUT2D eigenvalue weighted by Crippen LogP contribution is -2.43. The van der Waals surface area contributed by atoms with Crippen molar-refractivity contribution in [1.82, 2.24) is 10.3 Å². The lowest BCUT2D eigenvalue weighted by Gasteiger charge is -2.28. The molecule has 5 nitrogen and oxygen atoms in total. The van der Waals surface area contributed by atoms with E-state index in [1.807, 2.05) is 0 Å². The van der Waals surface area contributed by atoms with Gasteiger partial charge in [-0.05, 0) is 40.9 Å². The summed E-state index contributed by atoms with van der Waals surface area (Å²) >= 11 is 3.22. The molecule has 0 unspecified atom stereocenters. The van der Waals surface area contributed by atoms with Crippen LogP contribution in [-0.2, 0) is 4.79 Å². The van der Waals surface area contributed by atoms with Crippen LogP contribution >= 0.6 is 15.9 Å². The number of rotatable bonds is 4. The number of pyridine rings is 1. The van der Waals surface area contributed by atoms with Gasteiger partial charge in [0.1, 0.15) is 10.3 Å². The third-order valence-electron chi connectivity index (χ3n) is 4.05. The van der Waals surface area contributed by atoms with E-state index in [2.05, 4.69) is 26.2 Å². The predicted octanol–water partition coefficient (Wildman–Crippen LogP) is 3.00. The Kier molecular flexibility index (Phi) is 5.33. The summed E-state index contributed by atoms with van der Waals surface area (Å²) in [6.45, 7) is 0.162. The molecular formula is C15H19BrN2O3. The molecule has 0 saturated heterocycles. The lowest BCUT2D eigenvalue weighted by molar-refractivity contribution is -0.149. The molecule has 1 aliphatic carbocycles. The molecular weight excluding hydrogens is 336 g/mol. The van der Waals surface area contributed by atoms with E-state index in [-0.39, 0.29) is 12.5 Å². The number of carboxylic acids is 1. The van der Waals surface area contributed by atoms with E-state index in [1.165, 1.54) is 0 Å². The summed E-state index contributed by atoms with van der Waals surface area (Å²) in [5, 5.41) is 12.3. The van der Waals surface area contributed by atoms with Gasteiger partial charge >= 0.3 is 5.97 Å². The monoisotopic (exact) mass is 354 g/mol. The average Bonchev–Trinajstić information content (AvgIpc) is 2.71. The summed E-state index contributed by atoms with van der Waals surface area (Å²) in [5.74, 6) is -1.15. The van der Waals surface area contributed by atoms with Gasteiger partial charge in [-0.15, -0.1) is 0 Å². The highest BCUT2D eigenvalue weighted by molar-refractivity contribution is 9.10. The van der Waals surface area contributed by atoms with Crippen LogP contribution in [0.1, 0.15) is 49.0 Å². The van der Waals surface area contributed by atoms with Crippen molar-refractivity contribution in [2.75, 3.05) is 6.54 Å². The van der Waals surface area contributed by atoms with Gasteiger partial charge in [0.2, 0.25) is 0 Å². The molecule has 1 aromatic rings. The molecule has 0 radical (unpaired) electrons. The summed E-state index contributed by atoms with van der Waals surface area (Å²) in [6.07, 6.45) is 5.17. The van der Waals surface area contributed by atoms with Crippen LogP contribution in [0, 0.1) is 5.41 Å². The number of halogens is 1. The van der Waals surface area contributed by atoms with Crippen LogP contribution in [0.15, 0.2) is 22.8 Å². The third-order valence-corrected chi connectivity index (χ3v) is 4.49. The number of aromatic nitrogens is 1. The first-order valence-electron chi connectivity index (χ1n) is 7.18. The average molecular weight is 355 g/mol. The number of amides is 1. The second-order valence-corrected chi connectivity index (χ2v) is 6.34. The number of carboxylic acid groups (broad SMARTS) is 1. The smallest absolute Gasteiger partial charge is 0.311 e. The molecule has 1 amide bonds. The fourth-order valence-corrected chi connectivity index (χ4v) is 3.09. The van der Waals surface area contributed by atoms with Crippen molar-refractivity contribution in [3.63, 3.8) is 0 Å². The molecule has 2 N–H and O–H groups in total. The second kappa shape index (κ2) is 7.02. The minimum atomic E-state index is -0.835. The summed E-state index contributed by atoms with van der Waals surface area (Å²) < 4.78 is 0.581. The molecule has 1 aromatic heterocycles. The number of carbonyl (C=O) groups excluding carboxylic acids is 1. The van der Waals surface area contributed by atoms with E-state index in [1.54, 1.807) is 18.2 Å². The SMILES string of the molecule is O=C(NCC1(C(=O)O)CCCCCC1)c1cccc(Br)n1. The van der Waals surface area contributed by atoms with Crippen LogP contribution in [0.3, 0.4) is 0 Å². The first-order chi connectivity index (χ1) is 10.0. The Hall–Kier alpha value is -1.43. The van der Waals surface area contributed by atoms with Gasteiger partial charge in [-0.2, -0.15) is 0 Å². The highest BCUT2D eigenvalue weighted by atomic mass is 79.9. The first kappa shape index (κ1) is 15.9. The maximum Gasteiger partial charge on any atom is 0.311 e. The van der Waals surface area contributed by atoms with E-state index < -0.39 is 11.4 Å². The van der Waals surface area contributed by atoms with Crippen molar-refractivity contribution in [1.29, 1.82) is 0 Å². The highest BCUT2D eigenvalue weighted by Gasteiger charge is 2.38. The molecule has 0 atom stereocenters. The highest BCUT2D eigenvalue weighted by Crippen LogP contribution is 2.34. The Morgan fingerprint density at radius 1 is 1.24 bits per heavy atom. The minimum absolute atomic E-state index is 0.162. The maximum atomic E-state index is 12.1. The molecule has 0 bridgehead atoms. The van der Waals surface area contributed by atoms with Gasteiger partial charge in [0.05, 0.1) is 5.41 Å².